The Morgan fingerprint density at radius 1 is 0.397 bits per heavy atom. The summed E-state index contributed by atoms with van der Waals surface area (Å²) in [5.74, 6) is -0.490. The maximum atomic E-state index is 12.6. The summed E-state index contributed by atoms with van der Waals surface area (Å²) in [5, 5.41) is 0. The minimum Gasteiger partial charge on any atom is -0.462 e. The lowest BCUT2D eigenvalue weighted by molar-refractivity contribution is -0.163. The van der Waals surface area contributed by atoms with Gasteiger partial charge in [0.2, 0.25) is 0 Å². The van der Waals surface area contributed by atoms with Crippen LogP contribution in [0.15, 0.2) is 109 Å². The van der Waals surface area contributed by atoms with Crippen LogP contribution in [0.2, 0.25) is 0 Å². The molecule has 0 fully saturated rings. The molecule has 1 unspecified atom stereocenters. The maximum Gasteiger partial charge on any atom is 0.306 e. The van der Waals surface area contributed by atoms with Gasteiger partial charge in [-0.1, -0.05) is 188 Å². The molecule has 0 aliphatic rings. The van der Waals surface area contributed by atoms with Crippen molar-refractivity contribution in [2.24, 2.45) is 0 Å². The van der Waals surface area contributed by atoms with Crippen LogP contribution in [0.1, 0.15) is 188 Å². The molecule has 0 N–H and O–H groups in total. The van der Waals surface area contributed by atoms with Crippen LogP contribution in [0.4, 0.5) is 0 Å². The van der Waals surface area contributed by atoms with Gasteiger partial charge >= 0.3 is 11.9 Å². The zero-order valence-electron chi connectivity index (χ0n) is 37.5. The highest BCUT2D eigenvalue weighted by molar-refractivity contribution is 5.70. The van der Waals surface area contributed by atoms with E-state index in [0.717, 1.165) is 109 Å². The lowest BCUT2D eigenvalue weighted by Crippen LogP contribution is -2.30. The van der Waals surface area contributed by atoms with Gasteiger partial charge < -0.3 is 14.2 Å². The average molecular weight is 803 g/mol. The number of hydrogen-bond donors (Lipinski definition) is 0. The van der Waals surface area contributed by atoms with Gasteiger partial charge in [-0.05, 0) is 96.3 Å². The lowest BCUT2D eigenvalue weighted by Gasteiger charge is -2.18. The van der Waals surface area contributed by atoms with Crippen molar-refractivity contribution in [2.45, 2.75) is 194 Å². The molecule has 5 nitrogen and oxygen atoms in total. The largest absolute Gasteiger partial charge is 0.462 e. The summed E-state index contributed by atoms with van der Waals surface area (Å²) in [6.07, 6.45) is 65.4. The molecule has 58 heavy (non-hydrogen) atoms. The minimum absolute atomic E-state index is 0.0422. The molecule has 5 heteroatoms. The van der Waals surface area contributed by atoms with Gasteiger partial charge in [0, 0.05) is 19.4 Å². The van der Waals surface area contributed by atoms with Gasteiger partial charge in [-0.15, -0.1) is 0 Å². The topological polar surface area (TPSA) is 61.8 Å². The van der Waals surface area contributed by atoms with Crippen LogP contribution in [-0.2, 0) is 23.8 Å². The van der Waals surface area contributed by atoms with Crippen molar-refractivity contribution in [3.8, 4) is 0 Å². The van der Waals surface area contributed by atoms with Crippen LogP contribution >= 0.6 is 0 Å². The standard InChI is InChI=1S/C53H86O5/c1-4-7-10-13-16-18-20-22-24-26-28-30-32-34-36-39-42-45-48-56-49-51(58-53(55)47-44-41-37-15-12-9-6-3)50-57-52(54)46-43-40-38-35-33-31-29-27-25-23-21-19-17-14-11-8-5-2/h7-8,10-11,16-19,22-25,28-31,35,38,51H,4-6,9,12-15,20-21,26-27,32-34,36-37,39-50H2,1-3H3/b10-7-,11-8-,18-16-,19-17-,24-22-,25-23-,30-28-,31-29-,38-35-. The van der Waals surface area contributed by atoms with E-state index in [-0.39, 0.29) is 25.2 Å². The smallest absolute Gasteiger partial charge is 0.306 e. The second-order valence-corrected chi connectivity index (χ2v) is 14.9. The number of carbonyl (C=O) groups excluding carboxylic acids is 2. The third-order valence-corrected chi connectivity index (χ3v) is 9.30. The minimum atomic E-state index is -0.571. The normalized spacial score (nSPS) is 13.2. The van der Waals surface area contributed by atoms with Crippen molar-refractivity contribution in [3.63, 3.8) is 0 Å². The SMILES string of the molecule is CC/C=C\C/C=C\C/C=C\C/C=C\C/C=C\CCCC(=O)OCC(COCCCCCCC/C=C\C/C=C\C/C=C\C/C=C\CC)OC(=O)CCCCCCCCC. The Bertz CT molecular complexity index is 1180. The van der Waals surface area contributed by atoms with E-state index >= 15 is 0 Å². The molecule has 0 radical (unpaired) electrons. The maximum absolute atomic E-state index is 12.6. The monoisotopic (exact) mass is 803 g/mol. The molecule has 0 amide bonds. The van der Waals surface area contributed by atoms with Crippen molar-refractivity contribution in [1.29, 1.82) is 0 Å². The number of unbranched alkanes of at least 4 members (excludes halogenated alkanes) is 12. The number of allylic oxidation sites excluding steroid dienone is 18. The van der Waals surface area contributed by atoms with Gasteiger partial charge in [-0.2, -0.15) is 0 Å². The van der Waals surface area contributed by atoms with Gasteiger partial charge in [0.05, 0.1) is 6.61 Å². The Kier molecular flexibility index (Phi) is 45.1. The van der Waals surface area contributed by atoms with Crippen molar-refractivity contribution < 1.29 is 23.8 Å². The summed E-state index contributed by atoms with van der Waals surface area (Å²) in [7, 11) is 0. The van der Waals surface area contributed by atoms with E-state index in [4.69, 9.17) is 14.2 Å². The van der Waals surface area contributed by atoms with Crippen LogP contribution in [-0.4, -0.2) is 37.9 Å². The fourth-order valence-corrected chi connectivity index (χ4v) is 5.89. The molecule has 0 aromatic rings. The Morgan fingerprint density at radius 3 is 1.29 bits per heavy atom. The highest BCUT2D eigenvalue weighted by Gasteiger charge is 2.17. The predicted octanol–water partition coefficient (Wildman–Crippen LogP) is 15.7. The Balaban J connectivity index is 4.30. The van der Waals surface area contributed by atoms with E-state index in [0.29, 0.717) is 19.4 Å². The van der Waals surface area contributed by atoms with E-state index in [1.54, 1.807) is 0 Å². The first kappa shape index (κ1) is 54.6. The number of rotatable bonds is 41. The highest BCUT2D eigenvalue weighted by atomic mass is 16.6. The summed E-state index contributed by atoms with van der Waals surface area (Å²) in [6, 6.07) is 0. The van der Waals surface area contributed by atoms with Crippen molar-refractivity contribution in [1.82, 2.24) is 0 Å². The molecule has 0 saturated heterocycles. The predicted molar refractivity (Wildman–Crippen MR) is 251 cm³/mol. The van der Waals surface area contributed by atoms with Gasteiger partial charge in [0.25, 0.3) is 0 Å². The van der Waals surface area contributed by atoms with Crippen LogP contribution in [0.3, 0.4) is 0 Å². The van der Waals surface area contributed by atoms with Crippen molar-refractivity contribution >= 4 is 11.9 Å². The quantitative estimate of drug-likeness (QED) is 0.0350. The van der Waals surface area contributed by atoms with Gasteiger partial charge in [0.15, 0.2) is 6.10 Å². The van der Waals surface area contributed by atoms with Crippen molar-refractivity contribution in [2.75, 3.05) is 19.8 Å². The number of carbonyl (C=O) groups is 2. The zero-order chi connectivity index (χ0) is 42.1. The first-order valence-electron chi connectivity index (χ1n) is 23.4. The third-order valence-electron chi connectivity index (χ3n) is 9.30. The van der Waals surface area contributed by atoms with E-state index in [1.165, 1.54) is 44.9 Å². The fourth-order valence-electron chi connectivity index (χ4n) is 5.89. The van der Waals surface area contributed by atoms with Gasteiger partial charge in [-0.3, -0.25) is 9.59 Å². The number of hydrogen-bond acceptors (Lipinski definition) is 5. The lowest BCUT2D eigenvalue weighted by atomic mass is 10.1. The molecule has 1 atom stereocenters. The Labute approximate surface area is 357 Å². The second kappa shape index (κ2) is 47.9. The van der Waals surface area contributed by atoms with Gasteiger partial charge in [0.1, 0.15) is 6.61 Å². The summed E-state index contributed by atoms with van der Waals surface area (Å²) in [6.45, 7) is 7.44. The Hall–Kier alpha value is -3.44. The summed E-state index contributed by atoms with van der Waals surface area (Å²) < 4.78 is 17.2. The summed E-state index contributed by atoms with van der Waals surface area (Å²) in [4.78, 5) is 25.1. The van der Waals surface area contributed by atoms with Crippen LogP contribution in [0.5, 0.6) is 0 Å². The zero-order valence-corrected chi connectivity index (χ0v) is 37.5. The van der Waals surface area contributed by atoms with E-state index in [9.17, 15) is 9.59 Å². The average Bonchev–Trinajstić information content (AvgIpc) is 3.22. The number of esters is 2. The third kappa shape index (κ3) is 45.3. The molecule has 0 rings (SSSR count). The van der Waals surface area contributed by atoms with Gasteiger partial charge in [-0.25, -0.2) is 0 Å². The molecule has 0 spiro atoms. The highest BCUT2D eigenvalue weighted by Crippen LogP contribution is 2.11. The molecular formula is C53H86O5. The first-order chi connectivity index (χ1) is 28.6. The number of ether oxygens (including phenoxy) is 3. The molecule has 0 aliphatic carbocycles. The van der Waals surface area contributed by atoms with Crippen molar-refractivity contribution in [3.05, 3.63) is 109 Å². The molecule has 0 aliphatic heterocycles. The fraction of sp³-hybridized carbons (Fsp3) is 0.623. The molecule has 0 aromatic carbocycles. The molecule has 328 valence electrons. The summed E-state index contributed by atoms with van der Waals surface area (Å²) >= 11 is 0. The first-order valence-corrected chi connectivity index (χ1v) is 23.4. The van der Waals surface area contributed by atoms with E-state index in [2.05, 4.69) is 130 Å². The van der Waals surface area contributed by atoms with E-state index < -0.39 is 6.10 Å². The van der Waals surface area contributed by atoms with E-state index in [1.807, 2.05) is 0 Å². The molecular weight excluding hydrogens is 717 g/mol. The summed E-state index contributed by atoms with van der Waals surface area (Å²) in [5.41, 5.74) is 0. The Morgan fingerprint density at radius 2 is 0.793 bits per heavy atom. The molecule has 0 aromatic heterocycles. The second-order valence-electron chi connectivity index (χ2n) is 14.9. The van der Waals surface area contributed by atoms with Crippen LogP contribution < -0.4 is 0 Å². The molecule has 0 saturated carbocycles. The molecule has 0 heterocycles. The molecule has 0 bridgehead atoms. The van der Waals surface area contributed by atoms with Crippen LogP contribution in [0.25, 0.3) is 0 Å². The van der Waals surface area contributed by atoms with Crippen LogP contribution in [0, 0.1) is 0 Å².